The molecule has 0 aromatic heterocycles. The Labute approximate surface area is 204 Å². The lowest BCUT2D eigenvalue weighted by atomic mass is 9.91. The molecule has 1 amide bonds. The Morgan fingerprint density at radius 3 is 2.25 bits per heavy atom. The predicted molar refractivity (Wildman–Crippen MR) is 120 cm³/mol. The molecule has 36 heavy (non-hydrogen) atoms. The second-order valence-electron chi connectivity index (χ2n) is 8.10. The maximum Gasteiger partial charge on any atom is 0.416 e. The predicted octanol–water partition coefficient (Wildman–Crippen LogP) is 5.82. The molecule has 0 N–H and O–H groups in total. The van der Waals surface area contributed by atoms with Crippen molar-refractivity contribution >= 4 is 5.91 Å². The molecule has 0 aliphatic carbocycles. The minimum absolute atomic E-state index is 0.0677. The summed E-state index contributed by atoms with van der Waals surface area (Å²) in [6, 6.07) is 9.93. The highest BCUT2D eigenvalue weighted by molar-refractivity contribution is 5.95. The zero-order valence-electron chi connectivity index (χ0n) is 19.4. The molecule has 1 atom stereocenters. The van der Waals surface area contributed by atoms with E-state index < -0.39 is 40.9 Å². The summed E-state index contributed by atoms with van der Waals surface area (Å²) in [5.74, 6) is -2.20. The number of amides is 1. The van der Waals surface area contributed by atoms with Crippen LogP contribution in [0.4, 0.5) is 22.0 Å². The number of hydrogen-bond acceptors (Lipinski definition) is 4. The Bertz CT molecular complexity index is 1260. The molecule has 5 nitrogen and oxygen atoms in total. The van der Waals surface area contributed by atoms with Crippen LogP contribution in [-0.4, -0.2) is 38.2 Å². The van der Waals surface area contributed by atoms with Crippen LogP contribution in [0.5, 0.6) is 17.2 Å². The van der Waals surface area contributed by atoms with E-state index in [1.807, 2.05) is 0 Å². The summed E-state index contributed by atoms with van der Waals surface area (Å²) < 4.78 is 84.7. The Morgan fingerprint density at radius 1 is 0.972 bits per heavy atom. The van der Waals surface area contributed by atoms with Crippen LogP contribution >= 0.6 is 0 Å². The molecule has 3 aromatic carbocycles. The number of benzene rings is 3. The van der Waals surface area contributed by atoms with Gasteiger partial charge in [-0.25, -0.2) is 8.78 Å². The van der Waals surface area contributed by atoms with Crippen molar-refractivity contribution in [2.75, 3.05) is 27.4 Å². The first-order valence-corrected chi connectivity index (χ1v) is 10.9. The molecule has 3 aromatic rings. The lowest BCUT2D eigenvalue weighted by Gasteiger charge is -2.37. The van der Waals surface area contributed by atoms with Crippen LogP contribution in [0.15, 0.2) is 54.6 Å². The molecule has 190 valence electrons. The van der Waals surface area contributed by atoms with E-state index in [2.05, 4.69) is 0 Å². The summed E-state index contributed by atoms with van der Waals surface area (Å²) >= 11 is 0. The Balaban J connectivity index is 1.74. The average molecular weight is 507 g/mol. The van der Waals surface area contributed by atoms with Gasteiger partial charge in [0.2, 0.25) is 0 Å². The van der Waals surface area contributed by atoms with Crippen LogP contribution in [0.2, 0.25) is 0 Å². The summed E-state index contributed by atoms with van der Waals surface area (Å²) in [5.41, 5.74) is -0.262. The number of alkyl halides is 3. The highest BCUT2D eigenvalue weighted by Gasteiger charge is 2.36. The SMILES string of the molecule is COc1cc2c(cc1OC)C(COc1cccc(C(F)(F)F)c1)N(C(=O)c1c(F)cccc1F)CC2. The number of nitrogens with zero attached hydrogens (tertiary/aromatic N) is 1. The highest BCUT2D eigenvalue weighted by atomic mass is 19.4. The maximum atomic E-state index is 14.4. The van der Waals surface area contributed by atoms with Crippen molar-refractivity contribution in [3.63, 3.8) is 0 Å². The molecule has 10 heteroatoms. The monoisotopic (exact) mass is 507 g/mol. The topological polar surface area (TPSA) is 48.0 Å². The van der Waals surface area contributed by atoms with Crippen molar-refractivity contribution in [2.45, 2.75) is 18.6 Å². The van der Waals surface area contributed by atoms with Gasteiger partial charge in [0.1, 0.15) is 29.6 Å². The van der Waals surface area contributed by atoms with Gasteiger partial charge in [-0.15, -0.1) is 0 Å². The number of methoxy groups -OCH3 is 2. The molecule has 1 unspecified atom stereocenters. The third-order valence-corrected chi connectivity index (χ3v) is 6.01. The van der Waals surface area contributed by atoms with E-state index in [4.69, 9.17) is 14.2 Å². The molecule has 0 bridgehead atoms. The minimum atomic E-state index is -4.56. The Kier molecular flexibility index (Phi) is 7.05. The van der Waals surface area contributed by atoms with E-state index >= 15 is 0 Å². The quantitative estimate of drug-likeness (QED) is 0.395. The second-order valence-corrected chi connectivity index (χ2v) is 8.10. The zero-order chi connectivity index (χ0) is 26.0. The molecule has 0 fully saturated rings. The van der Waals surface area contributed by atoms with E-state index in [0.717, 1.165) is 35.9 Å². The van der Waals surface area contributed by atoms with Gasteiger partial charge in [0.05, 0.1) is 25.8 Å². The summed E-state index contributed by atoms with van der Waals surface area (Å²) in [6.45, 7) is -0.183. The smallest absolute Gasteiger partial charge is 0.416 e. The van der Waals surface area contributed by atoms with Gasteiger partial charge in [0.25, 0.3) is 5.91 Å². The average Bonchev–Trinajstić information content (AvgIpc) is 2.85. The van der Waals surface area contributed by atoms with Crippen molar-refractivity contribution in [1.29, 1.82) is 0 Å². The summed E-state index contributed by atoms with van der Waals surface area (Å²) in [4.78, 5) is 14.6. The van der Waals surface area contributed by atoms with Crippen LogP contribution in [0, 0.1) is 11.6 Å². The number of carbonyl (C=O) groups is 1. The second kappa shape index (κ2) is 10.0. The first-order chi connectivity index (χ1) is 17.1. The molecule has 0 saturated heterocycles. The van der Waals surface area contributed by atoms with E-state index in [1.54, 1.807) is 12.1 Å². The summed E-state index contributed by atoms with van der Waals surface area (Å²) in [5, 5.41) is 0. The third-order valence-electron chi connectivity index (χ3n) is 6.01. The number of rotatable bonds is 6. The van der Waals surface area contributed by atoms with Crippen molar-refractivity contribution < 1.29 is 41.0 Å². The van der Waals surface area contributed by atoms with Gasteiger partial charge in [-0.3, -0.25) is 4.79 Å². The maximum absolute atomic E-state index is 14.4. The molecular weight excluding hydrogens is 485 g/mol. The summed E-state index contributed by atoms with van der Waals surface area (Å²) in [6.07, 6.45) is -4.22. The fraction of sp³-hybridized carbons (Fsp3) is 0.269. The molecular formula is C26H22F5NO4. The molecule has 4 rings (SSSR count). The molecule has 0 spiro atoms. The third kappa shape index (κ3) is 4.93. The first-order valence-electron chi connectivity index (χ1n) is 10.9. The Morgan fingerprint density at radius 2 is 1.61 bits per heavy atom. The van der Waals surface area contributed by atoms with Gasteiger partial charge in [-0.05, 0) is 60.0 Å². The minimum Gasteiger partial charge on any atom is -0.493 e. The van der Waals surface area contributed by atoms with Crippen LogP contribution in [0.25, 0.3) is 0 Å². The van der Waals surface area contributed by atoms with Crippen molar-refractivity contribution in [3.8, 4) is 17.2 Å². The fourth-order valence-corrected chi connectivity index (χ4v) is 4.23. The van der Waals surface area contributed by atoms with Crippen molar-refractivity contribution in [2.24, 2.45) is 0 Å². The molecule has 0 radical (unpaired) electrons. The van der Waals surface area contributed by atoms with Crippen LogP contribution in [0.1, 0.15) is 33.1 Å². The molecule has 0 saturated carbocycles. The summed E-state index contributed by atoms with van der Waals surface area (Å²) in [7, 11) is 2.90. The van der Waals surface area contributed by atoms with Gasteiger partial charge in [0, 0.05) is 6.54 Å². The zero-order valence-corrected chi connectivity index (χ0v) is 19.4. The van der Waals surface area contributed by atoms with Crippen LogP contribution < -0.4 is 14.2 Å². The number of halogens is 5. The fourth-order valence-electron chi connectivity index (χ4n) is 4.23. The van der Waals surface area contributed by atoms with Gasteiger partial charge in [-0.1, -0.05) is 12.1 Å². The molecule has 1 heterocycles. The highest BCUT2D eigenvalue weighted by Crippen LogP contribution is 2.39. The van der Waals surface area contributed by atoms with Gasteiger partial charge in [-0.2, -0.15) is 13.2 Å². The van der Waals surface area contributed by atoms with E-state index in [1.165, 1.54) is 31.3 Å². The number of ether oxygens (including phenoxy) is 3. The normalized spacial score (nSPS) is 15.3. The largest absolute Gasteiger partial charge is 0.493 e. The number of hydrogen-bond donors (Lipinski definition) is 0. The molecule has 1 aliphatic heterocycles. The lowest BCUT2D eigenvalue weighted by molar-refractivity contribution is -0.137. The molecule has 1 aliphatic rings. The van der Waals surface area contributed by atoms with Crippen LogP contribution in [0.3, 0.4) is 0 Å². The van der Waals surface area contributed by atoms with Crippen LogP contribution in [-0.2, 0) is 12.6 Å². The number of carbonyl (C=O) groups excluding carboxylic acids is 1. The van der Waals surface area contributed by atoms with Crippen molar-refractivity contribution in [1.82, 2.24) is 4.90 Å². The van der Waals surface area contributed by atoms with E-state index in [-0.39, 0.29) is 18.9 Å². The number of fused-ring (bicyclic) bond motifs is 1. The van der Waals surface area contributed by atoms with Gasteiger partial charge >= 0.3 is 6.18 Å². The van der Waals surface area contributed by atoms with Gasteiger partial charge < -0.3 is 19.1 Å². The first kappa shape index (κ1) is 25.3. The van der Waals surface area contributed by atoms with Gasteiger partial charge in [0.15, 0.2) is 11.5 Å². The van der Waals surface area contributed by atoms with Crippen molar-refractivity contribution in [3.05, 3.63) is 88.5 Å². The standard InChI is InChI=1S/C26H22F5NO4/c1-34-22-11-15-9-10-32(25(33)24-19(27)7-4-8-20(24)28)21(18(15)13-23(22)35-2)14-36-17-6-3-5-16(12-17)26(29,30)31/h3-8,11-13,21H,9-10,14H2,1-2H3. The van der Waals surface area contributed by atoms with E-state index in [0.29, 0.717) is 23.5 Å². The Hall–Kier alpha value is -3.82. The van der Waals surface area contributed by atoms with E-state index in [9.17, 15) is 26.7 Å². The lowest BCUT2D eigenvalue weighted by Crippen LogP contribution is -2.43.